The molecule has 0 bridgehead atoms. The summed E-state index contributed by atoms with van der Waals surface area (Å²) in [6, 6.07) is 0.509. The highest BCUT2D eigenvalue weighted by atomic mass is 16.2. The second-order valence-corrected chi connectivity index (χ2v) is 7.46. The van der Waals surface area contributed by atoms with Gasteiger partial charge >= 0.3 is 0 Å². The van der Waals surface area contributed by atoms with Gasteiger partial charge in [0.05, 0.1) is 0 Å². The molecular weight excluding hydrogens is 260 g/mol. The SMILES string of the molecule is NCCCN(C(=O)C1C2CCCCC21)C1CCCCCC1. The zero-order valence-corrected chi connectivity index (χ0v) is 13.4. The first kappa shape index (κ1) is 15.3. The first-order valence-electron chi connectivity index (χ1n) is 9.33. The third-order valence-electron chi connectivity index (χ3n) is 6.09. The van der Waals surface area contributed by atoms with E-state index in [1.54, 1.807) is 0 Å². The van der Waals surface area contributed by atoms with E-state index >= 15 is 0 Å². The van der Waals surface area contributed by atoms with E-state index in [1.807, 2.05) is 0 Å². The molecule has 3 nitrogen and oxygen atoms in total. The number of rotatable bonds is 5. The van der Waals surface area contributed by atoms with Crippen molar-refractivity contribution in [3.05, 3.63) is 0 Å². The summed E-state index contributed by atoms with van der Waals surface area (Å²) in [5.41, 5.74) is 5.71. The molecule has 0 aromatic heterocycles. The topological polar surface area (TPSA) is 46.3 Å². The molecule has 2 unspecified atom stereocenters. The van der Waals surface area contributed by atoms with Crippen LogP contribution >= 0.6 is 0 Å². The molecule has 3 aliphatic carbocycles. The summed E-state index contributed by atoms with van der Waals surface area (Å²) >= 11 is 0. The first-order chi connectivity index (χ1) is 10.3. The molecule has 2 atom stereocenters. The molecule has 0 aliphatic heterocycles. The van der Waals surface area contributed by atoms with Gasteiger partial charge in [0.1, 0.15) is 0 Å². The zero-order chi connectivity index (χ0) is 14.7. The van der Waals surface area contributed by atoms with Crippen LogP contribution in [0.5, 0.6) is 0 Å². The van der Waals surface area contributed by atoms with Crippen molar-refractivity contribution in [1.29, 1.82) is 0 Å². The molecule has 3 fully saturated rings. The van der Waals surface area contributed by atoms with E-state index in [0.29, 0.717) is 24.4 Å². The van der Waals surface area contributed by atoms with E-state index in [-0.39, 0.29) is 0 Å². The highest BCUT2D eigenvalue weighted by molar-refractivity contribution is 5.82. The molecule has 0 aromatic rings. The van der Waals surface area contributed by atoms with Gasteiger partial charge in [-0.15, -0.1) is 0 Å². The lowest BCUT2D eigenvalue weighted by atomic mass is 10.0. The van der Waals surface area contributed by atoms with Crippen LogP contribution in [-0.2, 0) is 4.79 Å². The van der Waals surface area contributed by atoms with E-state index in [0.717, 1.165) is 24.8 Å². The van der Waals surface area contributed by atoms with Crippen molar-refractivity contribution in [1.82, 2.24) is 4.90 Å². The van der Waals surface area contributed by atoms with Crippen molar-refractivity contribution in [2.24, 2.45) is 23.5 Å². The minimum absolute atomic E-state index is 0.383. The van der Waals surface area contributed by atoms with Crippen molar-refractivity contribution >= 4 is 5.91 Å². The second-order valence-electron chi connectivity index (χ2n) is 7.46. The Kier molecular flexibility index (Phi) is 5.20. The minimum atomic E-state index is 0.383. The van der Waals surface area contributed by atoms with Crippen molar-refractivity contribution in [2.75, 3.05) is 13.1 Å². The van der Waals surface area contributed by atoms with Crippen LogP contribution in [0.4, 0.5) is 0 Å². The summed E-state index contributed by atoms with van der Waals surface area (Å²) in [5.74, 6) is 2.34. The van der Waals surface area contributed by atoms with Gasteiger partial charge in [-0.3, -0.25) is 4.79 Å². The summed E-state index contributed by atoms with van der Waals surface area (Å²) < 4.78 is 0. The third-order valence-corrected chi connectivity index (χ3v) is 6.09. The molecule has 0 saturated heterocycles. The maximum Gasteiger partial charge on any atom is 0.226 e. The molecule has 3 rings (SSSR count). The number of carbonyl (C=O) groups excluding carboxylic acids is 1. The molecular formula is C18H32N2O. The number of nitrogens with zero attached hydrogens (tertiary/aromatic N) is 1. The largest absolute Gasteiger partial charge is 0.339 e. The summed E-state index contributed by atoms with van der Waals surface area (Å²) in [5, 5.41) is 0. The normalized spacial score (nSPS) is 33.1. The number of hydrogen-bond acceptors (Lipinski definition) is 2. The molecule has 0 aromatic carbocycles. The molecule has 3 heteroatoms. The fourth-order valence-corrected chi connectivity index (χ4v) is 4.85. The highest BCUT2D eigenvalue weighted by Crippen LogP contribution is 2.56. The van der Waals surface area contributed by atoms with Crippen LogP contribution in [0.3, 0.4) is 0 Å². The standard InChI is InChI=1S/C18H32N2O/c19-12-7-13-20(14-8-3-1-2-4-9-14)18(21)17-15-10-5-6-11-16(15)17/h14-17H,1-13,19H2. The number of carbonyl (C=O) groups is 1. The maximum absolute atomic E-state index is 13.1. The molecule has 1 amide bonds. The minimum Gasteiger partial charge on any atom is -0.339 e. The molecule has 3 saturated carbocycles. The molecule has 3 aliphatic rings. The van der Waals surface area contributed by atoms with Crippen LogP contribution in [-0.4, -0.2) is 29.9 Å². The van der Waals surface area contributed by atoms with Crippen LogP contribution in [0.25, 0.3) is 0 Å². The highest BCUT2D eigenvalue weighted by Gasteiger charge is 2.56. The molecule has 21 heavy (non-hydrogen) atoms. The Morgan fingerprint density at radius 2 is 1.48 bits per heavy atom. The van der Waals surface area contributed by atoms with Gasteiger partial charge in [0, 0.05) is 18.5 Å². The Morgan fingerprint density at radius 3 is 2.05 bits per heavy atom. The summed E-state index contributed by atoms with van der Waals surface area (Å²) in [6.45, 7) is 1.60. The van der Waals surface area contributed by atoms with E-state index in [9.17, 15) is 4.79 Å². The van der Waals surface area contributed by atoms with E-state index in [4.69, 9.17) is 5.73 Å². The summed E-state index contributed by atoms with van der Waals surface area (Å²) in [4.78, 5) is 15.3. The first-order valence-corrected chi connectivity index (χ1v) is 9.33. The average Bonchev–Trinajstić information content (AvgIpc) is 3.27. The van der Waals surface area contributed by atoms with E-state index < -0.39 is 0 Å². The van der Waals surface area contributed by atoms with Gasteiger partial charge in [-0.2, -0.15) is 0 Å². The lowest BCUT2D eigenvalue weighted by Crippen LogP contribution is -2.42. The second kappa shape index (κ2) is 7.13. The fraction of sp³-hybridized carbons (Fsp3) is 0.944. The van der Waals surface area contributed by atoms with Gasteiger partial charge in [-0.25, -0.2) is 0 Å². The van der Waals surface area contributed by atoms with Crippen LogP contribution in [0.2, 0.25) is 0 Å². The van der Waals surface area contributed by atoms with Crippen molar-refractivity contribution in [2.45, 2.75) is 76.7 Å². The quantitative estimate of drug-likeness (QED) is 0.790. The smallest absolute Gasteiger partial charge is 0.226 e. The Morgan fingerprint density at radius 1 is 0.905 bits per heavy atom. The van der Waals surface area contributed by atoms with Gasteiger partial charge in [0.15, 0.2) is 0 Å². The zero-order valence-electron chi connectivity index (χ0n) is 13.4. The molecule has 0 heterocycles. The van der Waals surface area contributed by atoms with Gasteiger partial charge in [-0.05, 0) is 50.5 Å². The molecule has 0 spiro atoms. The van der Waals surface area contributed by atoms with E-state index in [2.05, 4.69) is 4.90 Å². The monoisotopic (exact) mass is 292 g/mol. The van der Waals surface area contributed by atoms with E-state index in [1.165, 1.54) is 64.2 Å². The van der Waals surface area contributed by atoms with Crippen molar-refractivity contribution in [3.8, 4) is 0 Å². The van der Waals surface area contributed by atoms with Gasteiger partial charge in [-0.1, -0.05) is 38.5 Å². The van der Waals surface area contributed by atoms with Crippen LogP contribution in [0, 0.1) is 17.8 Å². The molecule has 2 N–H and O–H groups in total. The fourth-order valence-electron chi connectivity index (χ4n) is 4.85. The Balaban J connectivity index is 1.64. The lowest BCUT2D eigenvalue weighted by molar-refractivity contribution is -0.136. The Bertz CT molecular complexity index is 337. The van der Waals surface area contributed by atoms with Crippen LogP contribution < -0.4 is 5.73 Å². The number of amides is 1. The molecule has 0 radical (unpaired) electrons. The molecule has 120 valence electrons. The predicted molar refractivity (Wildman–Crippen MR) is 85.8 cm³/mol. The van der Waals surface area contributed by atoms with Gasteiger partial charge in [0.2, 0.25) is 5.91 Å². The van der Waals surface area contributed by atoms with Gasteiger partial charge in [0.25, 0.3) is 0 Å². The van der Waals surface area contributed by atoms with Gasteiger partial charge < -0.3 is 10.6 Å². The number of hydrogen-bond donors (Lipinski definition) is 1. The lowest BCUT2D eigenvalue weighted by Gasteiger charge is -2.32. The average molecular weight is 292 g/mol. The Labute approximate surface area is 129 Å². The maximum atomic E-state index is 13.1. The summed E-state index contributed by atoms with van der Waals surface area (Å²) in [7, 11) is 0. The Hall–Kier alpha value is -0.570. The van der Waals surface area contributed by atoms with Crippen LogP contribution in [0.1, 0.15) is 70.6 Å². The number of fused-ring (bicyclic) bond motifs is 1. The van der Waals surface area contributed by atoms with Crippen LogP contribution in [0.15, 0.2) is 0 Å². The summed E-state index contributed by atoms with van der Waals surface area (Å²) in [6.07, 6.45) is 14.0. The third kappa shape index (κ3) is 3.44. The van der Waals surface area contributed by atoms with Crippen molar-refractivity contribution < 1.29 is 4.79 Å². The predicted octanol–water partition coefficient (Wildman–Crippen LogP) is 3.32. The van der Waals surface area contributed by atoms with Crippen molar-refractivity contribution in [3.63, 3.8) is 0 Å². The number of nitrogens with two attached hydrogens (primary N) is 1.